The molecule has 0 bridgehead atoms. The molecule has 3 heteroatoms. The third kappa shape index (κ3) is 2.78. The number of aryl methyl sites for hydroxylation is 1. The fourth-order valence-electron chi connectivity index (χ4n) is 1.79. The lowest BCUT2D eigenvalue weighted by molar-refractivity contribution is 0.100. The normalized spacial score (nSPS) is 17.0. The van der Waals surface area contributed by atoms with Crippen molar-refractivity contribution >= 4 is 11.8 Å². The van der Waals surface area contributed by atoms with Gasteiger partial charge in [0.2, 0.25) is 0 Å². The molecule has 2 nitrogen and oxygen atoms in total. The molecule has 16 heavy (non-hydrogen) atoms. The van der Waals surface area contributed by atoms with Gasteiger partial charge in [-0.1, -0.05) is 6.07 Å². The second-order valence-corrected chi connectivity index (χ2v) is 5.38. The monoisotopic (exact) mass is 233 g/mol. The molecule has 0 unspecified atom stereocenters. The Balaban J connectivity index is 2.13. The number of thioether (sulfide) groups is 1. The number of hydrogen-bond donors (Lipinski definition) is 0. The summed E-state index contributed by atoms with van der Waals surface area (Å²) in [6, 6.07) is 8.28. The van der Waals surface area contributed by atoms with Crippen molar-refractivity contribution in [1.82, 2.24) is 0 Å². The fourth-order valence-corrected chi connectivity index (χ4v) is 3.07. The summed E-state index contributed by atoms with van der Waals surface area (Å²) >= 11 is 1.83. The van der Waals surface area contributed by atoms with Crippen molar-refractivity contribution in [3.05, 3.63) is 29.3 Å². The third-order valence-corrected chi connectivity index (χ3v) is 4.12. The number of nitriles is 1. The third-order valence-electron chi connectivity index (χ3n) is 2.72. The van der Waals surface area contributed by atoms with Crippen molar-refractivity contribution in [1.29, 1.82) is 5.26 Å². The molecule has 1 aliphatic rings. The quantitative estimate of drug-likeness (QED) is 0.786. The van der Waals surface area contributed by atoms with E-state index < -0.39 is 0 Å². The van der Waals surface area contributed by atoms with Gasteiger partial charge < -0.3 is 4.74 Å². The first-order valence-electron chi connectivity index (χ1n) is 5.55. The molecule has 0 atom stereocenters. The summed E-state index contributed by atoms with van der Waals surface area (Å²) in [4.78, 5) is 1.12. The predicted molar refractivity (Wildman–Crippen MR) is 65.6 cm³/mol. The van der Waals surface area contributed by atoms with E-state index in [4.69, 9.17) is 10.00 Å². The summed E-state index contributed by atoms with van der Waals surface area (Å²) < 4.78 is 5.34. The molecule has 0 amide bonds. The Kier molecular flexibility index (Phi) is 3.87. The SMILES string of the molecule is Cc1ccc(C#N)c(SC2CCOCC2)c1. The van der Waals surface area contributed by atoms with E-state index in [2.05, 4.69) is 19.1 Å². The van der Waals surface area contributed by atoms with E-state index in [0.29, 0.717) is 5.25 Å². The van der Waals surface area contributed by atoms with Crippen LogP contribution in [0.5, 0.6) is 0 Å². The molecule has 1 heterocycles. The zero-order valence-corrected chi connectivity index (χ0v) is 10.2. The van der Waals surface area contributed by atoms with Gasteiger partial charge in [0.25, 0.3) is 0 Å². The molecule has 84 valence electrons. The molecule has 0 aromatic heterocycles. The van der Waals surface area contributed by atoms with E-state index in [9.17, 15) is 0 Å². The Morgan fingerprint density at radius 3 is 2.81 bits per heavy atom. The Morgan fingerprint density at radius 1 is 1.38 bits per heavy atom. The van der Waals surface area contributed by atoms with Gasteiger partial charge in [-0.25, -0.2) is 0 Å². The summed E-state index contributed by atoms with van der Waals surface area (Å²) in [5, 5.41) is 9.65. The van der Waals surface area contributed by atoms with Crippen molar-refractivity contribution < 1.29 is 4.74 Å². The maximum absolute atomic E-state index is 9.05. The van der Waals surface area contributed by atoms with Gasteiger partial charge in [0.1, 0.15) is 6.07 Å². The van der Waals surface area contributed by atoms with Gasteiger partial charge in [-0.3, -0.25) is 0 Å². The standard InChI is InChI=1S/C13H15NOS/c1-10-2-3-11(9-14)13(8-10)16-12-4-6-15-7-5-12/h2-3,8,12H,4-7H2,1H3. The molecular weight excluding hydrogens is 218 g/mol. The van der Waals surface area contributed by atoms with Crippen molar-refractivity contribution in [3.8, 4) is 6.07 Å². The second kappa shape index (κ2) is 5.38. The van der Waals surface area contributed by atoms with Crippen LogP contribution >= 0.6 is 11.8 Å². The van der Waals surface area contributed by atoms with Gasteiger partial charge >= 0.3 is 0 Å². The van der Waals surface area contributed by atoms with E-state index in [-0.39, 0.29) is 0 Å². The van der Waals surface area contributed by atoms with Gasteiger partial charge in [0.05, 0.1) is 5.56 Å². The van der Waals surface area contributed by atoms with Crippen molar-refractivity contribution in [2.75, 3.05) is 13.2 Å². The average Bonchev–Trinajstić information content (AvgIpc) is 2.31. The maximum Gasteiger partial charge on any atom is 0.100 e. The lowest BCUT2D eigenvalue weighted by Crippen LogP contribution is -2.17. The summed E-state index contributed by atoms with van der Waals surface area (Å²) in [5.41, 5.74) is 2.01. The zero-order valence-electron chi connectivity index (χ0n) is 9.40. The van der Waals surface area contributed by atoms with Gasteiger partial charge in [-0.15, -0.1) is 11.8 Å². The highest BCUT2D eigenvalue weighted by atomic mass is 32.2. The number of hydrogen-bond acceptors (Lipinski definition) is 3. The molecule has 2 rings (SSSR count). The Morgan fingerprint density at radius 2 is 2.12 bits per heavy atom. The van der Waals surface area contributed by atoms with Crippen LogP contribution in [0, 0.1) is 18.3 Å². The van der Waals surface area contributed by atoms with E-state index in [1.54, 1.807) is 0 Å². The molecule has 1 fully saturated rings. The lowest BCUT2D eigenvalue weighted by Gasteiger charge is -2.21. The Labute approximate surface area is 101 Å². The molecule has 0 saturated carbocycles. The highest BCUT2D eigenvalue weighted by Gasteiger charge is 2.16. The van der Waals surface area contributed by atoms with Crippen LogP contribution in [-0.2, 0) is 4.74 Å². The molecule has 0 spiro atoms. The molecule has 1 aromatic rings. The first-order valence-corrected chi connectivity index (χ1v) is 6.42. The van der Waals surface area contributed by atoms with Crippen LogP contribution < -0.4 is 0 Å². The Bertz CT molecular complexity index is 405. The second-order valence-electron chi connectivity index (χ2n) is 4.04. The Hall–Kier alpha value is -0.980. The summed E-state index contributed by atoms with van der Waals surface area (Å²) in [6.07, 6.45) is 2.17. The smallest absolute Gasteiger partial charge is 0.100 e. The van der Waals surface area contributed by atoms with Crippen LogP contribution in [0.2, 0.25) is 0 Å². The lowest BCUT2D eigenvalue weighted by atomic mass is 10.2. The van der Waals surface area contributed by atoms with Crippen molar-refractivity contribution in [2.45, 2.75) is 29.9 Å². The van der Waals surface area contributed by atoms with Crippen LogP contribution in [0.4, 0.5) is 0 Å². The molecule has 1 saturated heterocycles. The van der Waals surface area contributed by atoms with Gasteiger partial charge in [0.15, 0.2) is 0 Å². The van der Waals surface area contributed by atoms with Gasteiger partial charge in [0, 0.05) is 23.4 Å². The van der Waals surface area contributed by atoms with Crippen LogP contribution in [0.15, 0.2) is 23.1 Å². The predicted octanol–water partition coefficient (Wildman–Crippen LogP) is 3.14. The van der Waals surface area contributed by atoms with Crippen LogP contribution in [0.3, 0.4) is 0 Å². The van der Waals surface area contributed by atoms with Gasteiger partial charge in [-0.2, -0.15) is 5.26 Å². The minimum absolute atomic E-state index is 0.600. The van der Waals surface area contributed by atoms with E-state index in [1.807, 2.05) is 23.9 Å². The van der Waals surface area contributed by atoms with E-state index in [0.717, 1.165) is 36.5 Å². The van der Waals surface area contributed by atoms with E-state index >= 15 is 0 Å². The highest BCUT2D eigenvalue weighted by Crippen LogP contribution is 2.32. The summed E-state index contributed by atoms with van der Waals surface area (Å²) in [5.74, 6) is 0. The van der Waals surface area contributed by atoms with Crippen LogP contribution in [0.1, 0.15) is 24.0 Å². The highest BCUT2D eigenvalue weighted by molar-refractivity contribution is 8.00. The van der Waals surface area contributed by atoms with Crippen molar-refractivity contribution in [2.24, 2.45) is 0 Å². The van der Waals surface area contributed by atoms with Crippen LogP contribution in [-0.4, -0.2) is 18.5 Å². The molecule has 0 N–H and O–H groups in total. The number of benzene rings is 1. The van der Waals surface area contributed by atoms with Crippen LogP contribution in [0.25, 0.3) is 0 Å². The summed E-state index contributed by atoms with van der Waals surface area (Å²) in [7, 11) is 0. The molecule has 1 aromatic carbocycles. The van der Waals surface area contributed by atoms with E-state index in [1.165, 1.54) is 5.56 Å². The summed E-state index contributed by atoms with van der Waals surface area (Å²) in [6.45, 7) is 3.77. The molecular formula is C13H15NOS. The molecule has 0 radical (unpaired) electrons. The first kappa shape index (κ1) is 11.5. The van der Waals surface area contributed by atoms with Gasteiger partial charge in [-0.05, 0) is 37.5 Å². The molecule has 1 aliphatic heterocycles. The number of rotatable bonds is 2. The van der Waals surface area contributed by atoms with Crippen molar-refractivity contribution in [3.63, 3.8) is 0 Å². The largest absolute Gasteiger partial charge is 0.381 e. The minimum atomic E-state index is 0.600. The average molecular weight is 233 g/mol. The zero-order chi connectivity index (χ0) is 11.4. The maximum atomic E-state index is 9.05. The fraction of sp³-hybridized carbons (Fsp3) is 0.462. The molecule has 0 aliphatic carbocycles. The number of ether oxygens (including phenoxy) is 1. The first-order chi connectivity index (χ1) is 7.79. The topological polar surface area (TPSA) is 33.0 Å². The number of nitrogens with zero attached hydrogens (tertiary/aromatic N) is 1. The minimum Gasteiger partial charge on any atom is -0.381 e.